The molecule has 3 amide bonds. The zero-order valence-corrected chi connectivity index (χ0v) is 15.4. The van der Waals surface area contributed by atoms with E-state index in [9.17, 15) is 24.3 Å². The molecule has 0 radical (unpaired) electrons. The Morgan fingerprint density at radius 2 is 1.64 bits per heavy atom. The molecule has 2 atom stereocenters. The number of imide groups is 1. The number of piperidine rings is 1. The molecular formula is C20H22N2O6. The molecular weight excluding hydrogens is 364 g/mol. The number of amides is 3. The van der Waals surface area contributed by atoms with Crippen molar-refractivity contribution in [2.75, 3.05) is 26.2 Å². The van der Waals surface area contributed by atoms with Gasteiger partial charge in [0.1, 0.15) is 6.54 Å². The molecule has 0 bridgehead atoms. The molecule has 4 rings (SSSR count). The van der Waals surface area contributed by atoms with Gasteiger partial charge in [0, 0.05) is 19.7 Å². The Hall–Kier alpha value is -2.74. The fraction of sp³-hybridized carbons (Fsp3) is 0.500. The Morgan fingerprint density at radius 1 is 1.04 bits per heavy atom. The zero-order chi connectivity index (χ0) is 19.8. The first-order valence-corrected chi connectivity index (χ1v) is 9.54. The number of carboxylic acid groups (broad SMARTS) is 1. The van der Waals surface area contributed by atoms with Crippen LogP contribution in [0.4, 0.5) is 0 Å². The van der Waals surface area contributed by atoms with Crippen LogP contribution in [0.1, 0.15) is 40.0 Å². The van der Waals surface area contributed by atoms with Crippen LogP contribution in [0.5, 0.6) is 0 Å². The molecule has 3 aliphatic heterocycles. The molecule has 8 nitrogen and oxygen atoms in total. The summed E-state index contributed by atoms with van der Waals surface area (Å²) in [5, 5.41) is 9.32. The number of carboxylic acids is 1. The van der Waals surface area contributed by atoms with Gasteiger partial charge in [-0.15, -0.1) is 0 Å². The number of ether oxygens (including phenoxy) is 1. The van der Waals surface area contributed by atoms with E-state index in [0.717, 1.165) is 4.90 Å². The minimum Gasteiger partial charge on any atom is -0.481 e. The number of benzene rings is 1. The quantitative estimate of drug-likeness (QED) is 0.775. The topological polar surface area (TPSA) is 104 Å². The van der Waals surface area contributed by atoms with Gasteiger partial charge in [-0.25, -0.2) is 0 Å². The van der Waals surface area contributed by atoms with Gasteiger partial charge in [-0.1, -0.05) is 12.1 Å². The molecule has 0 aliphatic carbocycles. The Labute approximate surface area is 162 Å². The molecule has 1 aromatic carbocycles. The van der Waals surface area contributed by atoms with Crippen LogP contribution in [0, 0.1) is 11.8 Å². The number of hydrogen-bond acceptors (Lipinski definition) is 5. The normalized spacial score (nSPS) is 25.3. The standard InChI is InChI=1S/C20H22N2O6/c23-16(11-22-18(24)13-3-1-2-4-14(13)19(22)25)21-8-5-12(6-9-21)17-15(20(26)27)7-10-28-17/h1-4,12,15,17H,5-11H2,(H,26,27)/t15?,17-/m0/s1. The third-order valence-corrected chi connectivity index (χ3v) is 5.98. The highest BCUT2D eigenvalue weighted by molar-refractivity contribution is 6.22. The van der Waals surface area contributed by atoms with Crippen LogP contribution < -0.4 is 0 Å². The van der Waals surface area contributed by atoms with Crippen LogP contribution in [-0.4, -0.2) is 70.9 Å². The Balaban J connectivity index is 1.35. The fourth-order valence-electron chi connectivity index (χ4n) is 4.44. The molecule has 0 aromatic heterocycles. The van der Waals surface area contributed by atoms with E-state index in [-0.39, 0.29) is 24.5 Å². The maximum atomic E-state index is 12.7. The number of fused-ring (bicyclic) bond motifs is 1. The fourth-order valence-corrected chi connectivity index (χ4v) is 4.44. The third-order valence-electron chi connectivity index (χ3n) is 5.98. The highest BCUT2D eigenvalue weighted by Crippen LogP contribution is 2.33. The van der Waals surface area contributed by atoms with Crippen LogP contribution in [0.25, 0.3) is 0 Å². The lowest BCUT2D eigenvalue weighted by Gasteiger charge is -2.36. The maximum absolute atomic E-state index is 12.7. The van der Waals surface area contributed by atoms with Crippen molar-refractivity contribution >= 4 is 23.7 Å². The summed E-state index contributed by atoms with van der Waals surface area (Å²) in [5.41, 5.74) is 0.661. The molecule has 28 heavy (non-hydrogen) atoms. The number of aliphatic carboxylic acids is 1. The Kier molecular flexibility index (Phi) is 4.89. The van der Waals surface area contributed by atoms with Crippen LogP contribution in [-0.2, 0) is 14.3 Å². The van der Waals surface area contributed by atoms with E-state index in [4.69, 9.17) is 4.74 Å². The lowest BCUT2D eigenvalue weighted by atomic mass is 9.84. The first-order chi connectivity index (χ1) is 13.5. The first kappa shape index (κ1) is 18.6. The smallest absolute Gasteiger partial charge is 0.309 e. The molecule has 0 saturated carbocycles. The summed E-state index contributed by atoms with van der Waals surface area (Å²) >= 11 is 0. The zero-order valence-electron chi connectivity index (χ0n) is 15.4. The summed E-state index contributed by atoms with van der Waals surface area (Å²) in [4.78, 5) is 51.5. The Morgan fingerprint density at radius 3 is 2.21 bits per heavy atom. The molecule has 2 saturated heterocycles. The molecule has 0 spiro atoms. The van der Waals surface area contributed by atoms with E-state index in [0.29, 0.717) is 50.1 Å². The lowest BCUT2D eigenvalue weighted by Crippen LogP contribution is -2.47. The molecule has 148 valence electrons. The number of carbonyl (C=O) groups excluding carboxylic acids is 3. The SMILES string of the molecule is O=C(O)C1CCO[C@H]1C1CCN(C(=O)CN2C(=O)c3ccccc3C2=O)CC1. The lowest BCUT2D eigenvalue weighted by molar-refractivity contribution is -0.146. The van der Waals surface area contributed by atoms with Gasteiger partial charge in [0.15, 0.2) is 0 Å². The number of rotatable bonds is 4. The monoisotopic (exact) mass is 386 g/mol. The minimum atomic E-state index is -0.827. The average molecular weight is 386 g/mol. The van der Waals surface area contributed by atoms with Crippen LogP contribution in [0.3, 0.4) is 0 Å². The highest BCUT2D eigenvalue weighted by Gasteiger charge is 2.42. The van der Waals surface area contributed by atoms with Crippen molar-refractivity contribution in [2.45, 2.75) is 25.4 Å². The van der Waals surface area contributed by atoms with Gasteiger partial charge in [0.05, 0.1) is 23.1 Å². The third kappa shape index (κ3) is 3.17. The summed E-state index contributed by atoms with van der Waals surface area (Å²) in [6.45, 7) is 1.13. The predicted molar refractivity (Wildman–Crippen MR) is 96.6 cm³/mol. The Bertz CT molecular complexity index is 795. The van der Waals surface area contributed by atoms with E-state index in [1.54, 1.807) is 29.2 Å². The summed E-state index contributed by atoms with van der Waals surface area (Å²) in [5.74, 6) is -2.35. The second-order valence-electron chi connectivity index (χ2n) is 7.53. The molecule has 1 aromatic rings. The van der Waals surface area contributed by atoms with Gasteiger partial charge in [-0.2, -0.15) is 0 Å². The minimum absolute atomic E-state index is 0.104. The van der Waals surface area contributed by atoms with Crippen molar-refractivity contribution in [2.24, 2.45) is 11.8 Å². The largest absolute Gasteiger partial charge is 0.481 e. The summed E-state index contributed by atoms with van der Waals surface area (Å²) in [6, 6.07) is 6.56. The number of nitrogens with zero attached hydrogens (tertiary/aromatic N) is 2. The van der Waals surface area contributed by atoms with E-state index in [1.165, 1.54) is 0 Å². The van der Waals surface area contributed by atoms with E-state index < -0.39 is 23.7 Å². The summed E-state index contributed by atoms with van der Waals surface area (Å²) < 4.78 is 5.65. The number of likely N-dealkylation sites (tertiary alicyclic amines) is 1. The molecule has 3 heterocycles. The van der Waals surface area contributed by atoms with Crippen molar-refractivity contribution in [3.8, 4) is 0 Å². The van der Waals surface area contributed by atoms with Gasteiger partial charge in [0.2, 0.25) is 5.91 Å². The van der Waals surface area contributed by atoms with Crippen molar-refractivity contribution in [1.82, 2.24) is 9.80 Å². The summed E-state index contributed by atoms with van der Waals surface area (Å²) in [7, 11) is 0. The highest BCUT2D eigenvalue weighted by atomic mass is 16.5. The molecule has 8 heteroatoms. The second kappa shape index (κ2) is 7.35. The van der Waals surface area contributed by atoms with Crippen LogP contribution in [0.15, 0.2) is 24.3 Å². The molecule has 1 unspecified atom stereocenters. The average Bonchev–Trinajstić information content (AvgIpc) is 3.29. The van der Waals surface area contributed by atoms with Crippen molar-refractivity contribution in [1.29, 1.82) is 0 Å². The van der Waals surface area contributed by atoms with Crippen LogP contribution >= 0.6 is 0 Å². The van der Waals surface area contributed by atoms with Crippen LogP contribution in [0.2, 0.25) is 0 Å². The first-order valence-electron chi connectivity index (χ1n) is 9.54. The van der Waals surface area contributed by atoms with E-state index >= 15 is 0 Å². The van der Waals surface area contributed by atoms with Gasteiger partial charge >= 0.3 is 5.97 Å². The van der Waals surface area contributed by atoms with Gasteiger partial charge < -0.3 is 14.7 Å². The summed E-state index contributed by atoms with van der Waals surface area (Å²) in [6.07, 6.45) is 1.54. The molecule has 1 N–H and O–H groups in total. The van der Waals surface area contributed by atoms with Crippen molar-refractivity contribution < 1.29 is 29.0 Å². The molecule has 2 fully saturated rings. The van der Waals surface area contributed by atoms with E-state index in [2.05, 4.69) is 0 Å². The van der Waals surface area contributed by atoms with Crippen molar-refractivity contribution in [3.05, 3.63) is 35.4 Å². The maximum Gasteiger partial charge on any atom is 0.309 e. The molecule has 3 aliphatic rings. The van der Waals surface area contributed by atoms with Gasteiger partial charge in [-0.05, 0) is 37.3 Å². The number of hydrogen-bond donors (Lipinski definition) is 1. The van der Waals surface area contributed by atoms with Gasteiger partial charge in [0.25, 0.3) is 11.8 Å². The predicted octanol–water partition coefficient (Wildman–Crippen LogP) is 1.01. The van der Waals surface area contributed by atoms with E-state index in [1.807, 2.05) is 0 Å². The van der Waals surface area contributed by atoms with Gasteiger partial charge in [-0.3, -0.25) is 24.1 Å². The second-order valence-corrected chi connectivity index (χ2v) is 7.53. The number of carbonyl (C=O) groups is 4. The van der Waals surface area contributed by atoms with Crippen molar-refractivity contribution in [3.63, 3.8) is 0 Å².